The third kappa shape index (κ3) is 4.45. The molecule has 3 aromatic carbocycles. The van der Waals surface area contributed by atoms with Crippen LogP contribution in [0.1, 0.15) is 36.8 Å². The van der Waals surface area contributed by atoms with Crippen molar-refractivity contribution in [3.8, 4) is 22.7 Å². The summed E-state index contributed by atoms with van der Waals surface area (Å²) in [4.78, 5) is 25.2. The SMILES string of the molecule is COc1cc(-c2cn(C3N=C(c4ccccc4)c4ccccc4N(C(C)C)C3=O)nn2)ccc1-n1cnc(C)c1. The van der Waals surface area contributed by atoms with Gasteiger partial charge in [-0.3, -0.25) is 4.79 Å². The second-order valence-corrected chi connectivity index (χ2v) is 9.93. The van der Waals surface area contributed by atoms with E-state index in [1.165, 1.54) is 0 Å². The van der Waals surface area contributed by atoms with Gasteiger partial charge in [-0.15, -0.1) is 5.10 Å². The van der Waals surface area contributed by atoms with Crippen LogP contribution in [-0.2, 0) is 4.79 Å². The van der Waals surface area contributed by atoms with E-state index < -0.39 is 6.17 Å². The molecule has 1 aliphatic heterocycles. The zero-order valence-corrected chi connectivity index (χ0v) is 22.8. The number of hydrogen-bond acceptors (Lipinski definition) is 6. The summed E-state index contributed by atoms with van der Waals surface area (Å²) in [6, 6.07) is 23.5. The summed E-state index contributed by atoms with van der Waals surface area (Å²) in [5.74, 6) is 0.494. The van der Waals surface area contributed by atoms with Gasteiger partial charge in [0.05, 0.1) is 42.4 Å². The molecule has 9 heteroatoms. The first-order valence-corrected chi connectivity index (χ1v) is 13.1. The van der Waals surface area contributed by atoms with Gasteiger partial charge in [0.1, 0.15) is 11.4 Å². The average Bonchev–Trinajstić information content (AvgIpc) is 3.61. The molecular formula is C31H29N7O2. The molecule has 5 aromatic rings. The maximum atomic E-state index is 14.1. The van der Waals surface area contributed by atoms with E-state index >= 15 is 0 Å². The first-order chi connectivity index (χ1) is 19.4. The molecule has 0 spiro atoms. The molecule has 0 saturated carbocycles. The summed E-state index contributed by atoms with van der Waals surface area (Å²) in [6.45, 7) is 5.94. The van der Waals surface area contributed by atoms with E-state index in [9.17, 15) is 4.79 Å². The molecular weight excluding hydrogens is 502 g/mol. The van der Waals surface area contributed by atoms with Crippen molar-refractivity contribution in [2.24, 2.45) is 4.99 Å². The van der Waals surface area contributed by atoms with Crippen LogP contribution >= 0.6 is 0 Å². The van der Waals surface area contributed by atoms with Crippen LogP contribution in [0.15, 0.2) is 96.5 Å². The fourth-order valence-electron chi connectivity index (χ4n) is 5.04. The van der Waals surface area contributed by atoms with Gasteiger partial charge in [0.15, 0.2) is 0 Å². The predicted molar refractivity (Wildman–Crippen MR) is 154 cm³/mol. The van der Waals surface area contributed by atoms with E-state index in [1.807, 2.05) is 104 Å². The number of aromatic nitrogens is 5. The number of nitrogens with zero attached hydrogens (tertiary/aromatic N) is 7. The van der Waals surface area contributed by atoms with Gasteiger partial charge < -0.3 is 14.2 Å². The van der Waals surface area contributed by atoms with Crippen molar-refractivity contribution in [1.82, 2.24) is 24.5 Å². The Morgan fingerprint density at radius 1 is 0.900 bits per heavy atom. The molecule has 0 saturated heterocycles. The van der Waals surface area contributed by atoms with E-state index in [1.54, 1.807) is 29.2 Å². The molecule has 1 aliphatic rings. The minimum absolute atomic E-state index is 0.0897. The Bertz CT molecular complexity index is 1720. The van der Waals surface area contributed by atoms with E-state index in [0.29, 0.717) is 11.4 Å². The molecule has 1 atom stereocenters. The maximum absolute atomic E-state index is 14.1. The number of carbonyl (C=O) groups is 1. The molecule has 1 amide bonds. The van der Waals surface area contributed by atoms with Gasteiger partial charge in [-0.05, 0) is 39.0 Å². The van der Waals surface area contributed by atoms with Gasteiger partial charge >= 0.3 is 0 Å². The third-order valence-corrected chi connectivity index (χ3v) is 6.92. The highest BCUT2D eigenvalue weighted by molar-refractivity contribution is 6.19. The molecule has 0 bridgehead atoms. The summed E-state index contributed by atoms with van der Waals surface area (Å²) < 4.78 is 9.14. The first kappa shape index (κ1) is 25.2. The number of aliphatic imine (C=N–C) groups is 1. The summed E-state index contributed by atoms with van der Waals surface area (Å²) in [5.41, 5.74) is 6.56. The van der Waals surface area contributed by atoms with Crippen molar-refractivity contribution < 1.29 is 9.53 Å². The Hall–Kier alpha value is -5.05. The van der Waals surface area contributed by atoms with Gasteiger partial charge in [0.2, 0.25) is 6.17 Å². The van der Waals surface area contributed by atoms with Gasteiger partial charge in [-0.1, -0.05) is 59.8 Å². The topological polar surface area (TPSA) is 90.4 Å². The minimum atomic E-state index is -0.929. The summed E-state index contributed by atoms with van der Waals surface area (Å²) in [5, 5.41) is 8.81. The fraction of sp³-hybridized carbons (Fsp3) is 0.194. The van der Waals surface area contributed by atoms with Gasteiger partial charge in [0, 0.05) is 28.9 Å². The van der Waals surface area contributed by atoms with Crippen LogP contribution < -0.4 is 9.64 Å². The number of benzene rings is 3. The lowest BCUT2D eigenvalue weighted by molar-refractivity contribution is -0.122. The summed E-state index contributed by atoms with van der Waals surface area (Å²) >= 11 is 0. The number of fused-ring (bicyclic) bond motifs is 1. The Kier molecular flexibility index (Phi) is 6.47. The maximum Gasteiger partial charge on any atom is 0.274 e. The number of carbonyl (C=O) groups excluding carboxylic acids is 1. The van der Waals surface area contributed by atoms with Crippen molar-refractivity contribution in [1.29, 1.82) is 0 Å². The number of hydrogen-bond donors (Lipinski definition) is 0. The monoisotopic (exact) mass is 531 g/mol. The molecule has 1 unspecified atom stereocenters. The zero-order chi connectivity index (χ0) is 27.8. The normalized spacial score (nSPS) is 15.1. The van der Waals surface area contributed by atoms with Crippen molar-refractivity contribution in [2.45, 2.75) is 33.0 Å². The standard InChI is InChI=1S/C31H29N7O2/c1-20(2)38-26-13-9-8-12-24(26)29(22-10-6-5-7-11-22)33-30(31(38)39)37-18-25(34-35-37)23-14-15-27(28(16-23)40-4)36-17-21(3)32-19-36/h5-20,30H,1-4H3. The van der Waals surface area contributed by atoms with Gasteiger partial charge in [-0.25, -0.2) is 14.7 Å². The number of anilines is 1. The van der Waals surface area contributed by atoms with Crippen LogP contribution in [0.25, 0.3) is 16.9 Å². The van der Waals surface area contributed by atoms with Gasteiger partial charge in [0.25, 0.3) is 5.91 Å². The van der Waals surface area contributed by atoms with E-state index in [2.05, 4.69) is 15.3 Å². The number of rotatable bonds is 6. The molecule has 6 rings (SSSR count). The van der Waals surface area contributed by atoms with Crippen molar-refractivity contribution in [3.05, 3.63) is 108 Å². The van der Waals surface area contributed by atoms with Gasteiger partial charge in [-0.2, -0.15) is 0 Å². The highest BCUT2D eigenvalue weighted by atomic mass is 16.5. The lowest BCUT2D eigenvalue weighted by Crippen LogP contribution is -2.41. The molecule has 2 aromatic heterocycles. The lowest BCUT2D eigenvalue weighted by atomic mass is 10.00. The van der Waals surface area contributed by atoms with Crippen molar-refractivity contribution >= 4 is 17.3 Å². The lowest BCUT2D eigenvalue weighted by Gasteiger charge is -2.28. The quantitative estimate of drug-likeness (QED) is 0.299. The van der Waals surface area contributed by atoms with Crippen LogP contribution in [0.3, 0.4) is 0 Å². The Labute approximate surface area is 232 Å². The van der Waals surface area contributed by atoms with Crippen LogP contribution in [0.5, 0.6) is 5.75 Å². The highest BCUT2D eigenvalue weighted by Gasteiger charge is 2.35. The number of aryl methyl sites for hydroxylation is 1. The number of amides is 1. The number of benzodiazepines with no additional fused rings is 1. The van der Waals surface area contributed by atoms with Crippen LogP contribution in [-0.4, -0.2) is 49.3 Å². The van der Waals surface area contributed by atoms with Crippen molar-refractivity contribution in [3.63, 3.8) is 0 Å². The second kappa shape index (κ2) is 10.3. The Morgan fingerprint density at radius 3 is 2.40 bits per heavy atom. The Morgan fingerprint density at radius 2 is 1.68 bits per heavy atom. The largest absolute Gasteiger partial charge is 0.495 e. The fourth-order valence-corrected chi connectivity index (χ4v) is 5.04. The zero-order valence-electron chi connectivity index (χ0n) is 22.8. The second-order valence-electron chi connectivity index (χ2n) is 9.93. The molecule has 3 heterocycles. The van der Waals surface area contributed by atoms with Crippen LogP contribution in [0.4, 0.5) is 5.69 Å². The minimum Gasteiger partial charge on any atom is -0.495 e. The average molecular weight is 532 g/mol. The van der Waals surface area contributed by atoms with E-state index in [-0.39, 0.29) is 11.9 Å². The third-order valence-electron chi connectivity index (χ3n) is 6.92. The number of methoxy groups -OCH3 is 1. The molecule has 0 fully saturated rings. The number of ether oxygens (including phenoxy) is 1. The first-order valence-electron chi connectivity index (χ1n) is 13.1. The predicted octanol–water partition coefficient (Wildman–Crippen LogP) is 5.24. The summed E-state index contributed by atoms with van der Waals surface area (Å²) in [7, 11) is 1.63. The molecule has 0 aliphatic carbocycles. The summed E-state index contributed by atoms with van der Waals surface area (Å²) in [6.07, 6.45) is 4.52. The number of para-hydroxylation sites is 1. The van der Waals surface area contributed by atoms with Crippen LogP contribution in [0.2, 0.25) is 0 Å². The molecule has 0 radical (unpaired) electrons. The molecule has 40 heavy (non-hydrogen) atoms. The molecule has 0 N–H and O–H groups in total. The molecule has 9 nitrogen and oxygen atoms in total. The number of imidazole rings is 1. The van der Waals surface area contributed by atoms with Crippen LogP contribution in [0, 0.1) is 6.92 Å². The van der Waals surface area contributed by atoms with E-state index in [0.717, 1.165) is 39.5 Å². The molecule has 200 valence electrons. The smallest absolute Gasteiger partial charge is 0.274 e. The Balaban J connectivity index is 1.44. The van der Waals surface area contributed by atoms with E-state index in [4.69, 9.17) is 9.73 Å². The van der Waals surface area contributed by atoms with Crippen molar-refractivity contribution in [2.75, 3.05) is 12.0 Å². The highest BCUT2D eigenvalue weighted by Crippen LogP contribution is 2.34.